The van der Waals surface area contributed by atoms with Crippen LogP contribution in [0.2, 0.25) is 0 Å². The fourth-order valence-electron chi connectivity index (χ4n) is 4.21. The summed E-state index contributed by atoms with van der Waals surface area (Å²) >= 11 is 0. The zero-order chi connectivity index (χ0) is 14.8. The van der Waals surface area contributed by atoms with Crippen LogP contribution in [0.1, 0.15) is 38.5 Å². The average molecular weight is 330 g/mol. The van der Waals surface area contributed by atoms with Crippen molar-refractivity contribution in [2.45, 2.75) is 44.6 Å². The van der Waals surface area contributed by atoms with E-state index in [1.54, 1.807) is 0 Å². The monoisotopic (exact) mass is 329 g/mol. The molecule has 3 rings (SSSR count). The van der Waals surface area contributed by atoms with E-state index in [2.05, 4.69) is 5.32 Å². The lowest BCUT2D eigenvalue weighted by Gasteiger charge is -2.25. The van der Waals surface area contributed by atoms with Crippen LogP contribution in [0.3, 0.4) is 0 Å². The van der Waals surface area contributed by atoms with Gasteiger partial charge in [0.15, 0.2) is 0 Å². The third-order valence-electron chi connectivity index (χ3n) is 5.36. The summed E-state index contributed by atoms with van der Waals surface area (Å²) in [5.74, 6) is 0.891. The molecule has 2 saturated heterocycles. The lowest BCUT2D eigenvalue weighted by Crippen LogP contribution is -2.38. The number of likely N-dealkylation sites (tertiary alicyclic amines) is 2. The van der Waals surface area contributed by atoms with E-state index in [9.17, 15) is 9.59 Å². The predicted molar refractivity (Wildman–Crippen MR) is 87.9 cm³/mol. The molecule has 0 aromatic rings. The summed E-state index contributed by atoms with van der Waals surface area (Å²) in [5, 5.41) is 3.19. The van der Waals surface area contributed by atoms with Gasteiger partial charge in [-0.3, -0.25) is 9.59 Å². The molecule has 5 nitrogen and oxygen atoms in total. The number of rotatable bonds is 4. The maximum Gasteiger partial charge on any atom is 0.228 e. The van der Waals surface area contributed by atoms with E-state index in [0.29, 0.717) is 24.9 Å². The molecule has 1 aliphatic carbocycles. The van der Waals surface area contributed by atoms with Gasteiger partial charge in [0.2, 0.25) is 11.8 Å². The Kier molecular flexibility index (Phi) is 6.09. The minimum absolute atomic E-state index is 0. The molecule has 0 spiro atoms. The van der Waals surface area contributed by atoms with Gasteiger partial charge in [0.25, 0.3) is 0 Å². The van der Waals surface area contributed by atoms with Crippen LogP contribution < -0.4 is 5.32 Å². The molecule has 2 unspecified atom stereocenters. The van der Waals surface area contributed by atoms with Crippen molar-refractivity contribution in [1.29, 1.82) is 0 Å². The topological polar surface area (TPSA) is 52.7 Å². The summed E-state index contributed by atoms with van der Waals surface area (Å²) in [6, 6.07) is 0.408. The zero-order valence-electron chi connectivity index (χ0n) is 13.4. The largest absolute Gasteiger partial charge is 0.342 e. The Morgan fingerprint density at radius 3 is 2.64 bits per heavy atom. The number of carbonyl (C=O) groups excluding carboxylic acids is 2. The quantitative estimate of drug-likeness (QED) is 0.845. The number of amides is 2. The molecule has 0 aromatic carbocycles. The Morgan fingerprint density at radius 1 is 1.23 bits per heavy atom. The lowest BCUT2D eigenvalue weighted by atomic mass is 10.1. The molecule has 6 heteroatoms. The van der Waals surface area contributed by atoms with Crippen molar-refractivity contribution < 1.29 is 9.59 Å². The Bertz CT molecular complexity index is 412. The van der Waals surface area contributed by atoms with Crippen LogP contribution in [0, 0.1) is 11.8 Å². The van der Waals surface area contributed by atoms with E-state index in [4.69, 9.17) is 0 Å². The molecule has 1 N–H and O–H groups in total. The van der Waals surface area contributed by atoms with Crippen molar-refractivity contribution in [3.63, 3.8) is 0 Å². The van der Waals surface area contributed by atoms with E-state index in [1.807, 2.05) is 16.8 Å². The van der Waals surface area contributed by atoms with Gasteiger partial charge in [-0.15, -0.1) is 12.4 Å². The van der Waals surface area contributed by atoms with E-state index in [0.717, 1.165) is 38.9 Å². The fourth-order valence-corrected chi connectivity index (χ4v) is 4.21. The van der Waals surface area contributed by atoms with Gasteiger partial charge in [-0.05, 0) is 38.8 Å². The van der Waals surface area contributed by atoms with Crippen LogP contribution in [0.15, 0.2) is 0 Å². The normalized spacial score (nSPS) is 29.2. The summed E-state index contributed by atoms with van der Waals surface area (Å²) in [5.41, 5.74) is 0. The molecule has 3 aliphatic rings. The van der Waals surface area contributed by atoms with Gasteiger partial charge >= 0.3 is 0 Å². The van der Waals surface area contributed by atoms with Gasteiger partial charge < -0.3 is 15.1 Å². The zero-order valence-corrected chi connectivity index (χ0v) is 14.2. The highest BCUT2D eigenvalue weighted by Gasteiger charge is 2.41. The Balaban J connectivity index is 0.00000176. The van der Waals surface area contributed by atoms with Crippen LogP contribution >= 0.6 is 12.4 Å². The van der Waals surface area contributed by atoms with Crippen LogP contribution in [0.5, 0.6) is 0 Å². The second-order valence-corrected chi connectivity index (χ2v) is 6.88. The lowest BCUT2D eigenvalue weighted by molar-refractivity contribution is -0.135. The fraction of sp³-hybridized carbons (Fsp3) is 0.875. The maximum atomic E-state index is 12.6. The Morgan fingerprint density at radius 2 is 1.95 bits per heavy atom. The molecule has 0 bridgehead atoms. The van der Waals surface area contributed by atoms with Crippen molar-refractivity contribution in [3.05, 3.63) is 0 Å². The first-order valence-corrected chi connectivity index (χ1v) is 8.42. The SMILES string of the molecule is CNCC1CCN(C(=O)C2CC(=O)N(C3CCCC3)C2)C1.Cl. The number of halogens is 1. The van der Waals surface area contributed by atoms with Crippen molar-refractivity contribution in [1.82, 2.24) is 15.1 Å². The molecule has 22 heavy (non-hydrogen) atoms. The maximum absolute atomic E-state index is 12.6. The molecular formula is C16H28ClN3O2. The first-order chi connectivity index (χ1) is 10.2. The van der Waals surface area contributed by atoms with Gasteiger partial charge in [-0.1, -0.05) is 12.8 Å². The highest BCUT2D eigenvalue weighted by Crippen LogP contribution is 2.31. The summed E-state index contributed by atoms with van der Waals surface area (Å²) < 4.78 is 0. The van der Waals surface area contributed by atoms with Crippen LogP contribution in [0.4, 0.5) is 0 Å². The van der Waals surface area contributed by atoms with Gasteiger partial charge in [0, 0.05) is 32.1 Å². The number of nitrogens with one attached hydrogen (secondary N) is 1. The molecule has 2 heterocycles. The summed E-state index contributed by atoms with van der Waals surface area (Å²) in [7, 11) is 1.96. The number of hydrogen-bond donors (Lipinski definition) is 1. The molecule has 2 aliphatic heterocycles. The van der Waals surface area contributed by atoms with Gasteiger partial charge in [-0.25, -0.2) is 0 Å². The molecular weight excluding hydrogens is 302 g/mol. The summed E-state index contributed by atoms with van der Waals surface area (Å²) in [6.45, 7) is 3.35. The predicted octanol–water partition coefficient (Wildman–Crippen LogP) is 1.27. The van der Waals surface area contributed by atoms with E-state index < -0.39 is 0 Å². The number of nitrogens with zero attached hydrogens (tertiary/aromatic N) is 2. The first kappa shape index (κ1) is 17.5. The third-order valence-corrected chi connectivity index (χ3v) is 5.36. The number of carbonyl (C=O) groups is 2. The highest BCUT2D eigenvalue weighted by atomic mass is 35.5. The van der Waals surface area contributed by atoms with E-state index in [-0.39, 0.29) is 30.1 Å². The molecule has 0 aromatic heterocycles. The van der Waals surface area contributed by atoms with Crippen molar-refractivity contribution >= 4 is 24.2 Å². The molecule has 126 valence electrons. The van der Waals surface area contributed by atoms with E-state index >= 15 is 0 Å². The van der Waals surface area contributed by atoms with Crippen LogP contribution in [-0.2, 0) is 9.59 Å². The van der Waals surface area contributed by atoms with Crippen molar-refractivity contribution in [2.75, 3.05) is 33.2 Å². The van der Waals surface area contributed by atoms with Gasteiger partial charge in [0.05, 0.1) is 5.92 Å². The van der Waals surface area contributed by atoms with Crippen molar-refractivity contribution in [2.24, 2.45) is 11.8 Å². The second-order valence-electron chi connectivity index (χ2n) is 6.88. The van der Waals surface area contributed by atoms with Crippen molar-refractivity contribution in [3.8, 4) is 0 Å². The highest BCUT2D eigenvalue weighted by molar-refractivity contribution is 5.89. The van der Waals surface area contributed by atoms with E-state index in [1.165, 1.54) is 12.8 Å². The van der Waals surface area contributed by atoms with Gasteiger partial charge in [-0.2, -0.15) is 0 Å². The second kappa shape index (κ2) is 7.64. The minimum atomic E-state index is -0.0913. The summed E-state index contributed by atoms with van der Waals surface area (Å²) in [4.78, 5) is 28.8. The molecule has 2 atom stereocenters. The van der Waals surface area contributed by atoms with Crippen LogP contribution in [0.25, 0.3) is 0 Å². The Labute approximate surface area is 139 Å². The summed E-state index contributed by atoms with van der Waals surface area (Å²) in [6.07, 6.45) is 6.22. The molecule has 2 amide bonds. The van der Waals surface area contributed by atoms with Gasteiger partial charge in [0.1, 0.15) is 0 Å². The number of hydrogen-bond acceptors (Lipinski definition) is 3. The van der Waals surface area contributed by atoms with Crippen LogP contribution in [-0.4, -0.2) is 60.9 Å². The molecule has 0 radical (unpaired) electrons. The average Bonchev–Trinajstić information content (AvgIpc) is 3.17. The smallest absolute Gasteiger partial charge is 0.228 e. The minimum Gasteiger partial charge on any atom is -0.342 e. The third kappa shape index (κ3) is 3.57. The molecule has 1 saturated carbocycles. The molecule has 3 fully saturated rings. The standard InChI is InChI=1S/C16H27N3O2.ClH/c1-17-9-12-6-7-18(10-12)16(21)13-8-15(20)19(11-13)14-4-2-3-5-14;/h12-14,17H,2-11H2,1H3;1H. The Hall–Kier alpha value is -0.810. The first-order valence-electron chi connectivity index (χ1n) is 8.42.